The lowest BCUT2D eigenvalue weighted by atomic mass is 10.2. The predicted octanol–water partition coefficient (Wildman–Crippen LogP) is 4.64. The number of anilines is 3. The molecule has 1 aromatic heterocycles. The lowest BCUT2D eigenvalue weighted by molar-refractivity contribution is 0.415. The van der Waals surface area contributed by atoms with Crippen LogP contribution in [0.2, 0.25) is 0 Å². The summed E-state index contributed by atoms with van der Waals surface area (Å²) in [6.07, 6.45) is 1.79. The first-order valence-corrected chi connectivity index (χ1v) is 8.70. The largest absolute Gasteiger partial charge is 0.497 e. The molecule has 0 saturated heterocycles. The third kappa shape index (κ3) is 4.51. The Balaban J connectivity index is 1.79. The standard InChI is InChI=1S/C21H24N4O/c1-16(2)25(15-17-7-5-4-6-8-17)20-13-14-22-21(24-20)23-18-9-11-19(26-3)12-10-18/h4-14,16H,15H2,1-3H3,(H,22,23,24). The molecule has 3 aromatic rings. The Morgan fingerprint density at radius 1 is 1.00 bits per heavy atom. The van der Waals surface area contributed by atoms with Gasteiger partial charge in [-0.15, -0.1) is 0 Å². The Kier molecular flexibility index (Phi) is 5.69. The van der Waals surface area contributed by atoms with E-state index in [0.717, 1.165) is 23.8 Å². The van der Waals surface area contributed by atoms with Crippen LogP contribution in [0, 0.1) is 0 Å². The molecule has 0 aliphatic rings. The Labute approximate surface area is 154 Å². The normalized spacial score (nSPS) is 10.6. The van der Waals surface area contributed by atoms with E-state index in [1.54, 1.807) is 13.3 Å². The second-order valence-electron chi connectivity index (χ2n) is 6.30. The average Bonchev–Trinajstić information content (AvgIpc) is 2.67. The van der Waals surface area contributed by atoms with Crippen molar-refractivity contribution in [3.63, 3.8) is 0 Å². The summed E-state index contributed by atoms with van der Waals surface area (Å²) in [5.41, 5.74) is 2.17. The number of methoxy groups -OCH3 is 1. The summed E-state index contributed by atoms with van der Waals surface area (Å²) >= 11 is 0. The van der Waals surface area contributed by atoms with Gasteiger partial charge in [0.15, 0.2) is 0 Å². The number of benzene rings is 2. The second-order valence-corrected chi connectivity index (χ2v) is 6.30. The minimum absolute atomic E-state index is 0.318. The van der Waals surface area contributed by atoms with Crippen LogP contribution in [0.3, 0.4) is 0 Å². The first-order valence-electron chi connectivity index (χ1n) is 8.70. The first-order chi connectivity index (χ1) is 12.7. The van der Waals surface area contributed by atoms with Crippen LogP contribution in [0.15, 0.2) is 66.9 Å². The van der Waals surface area contributed by atoms with E-state index in [2.05, 4.69) is 53.3 Å². The van der Waals surface area contributed by atoms with Gasteiger partial charge in [0.2, 0.25) is 5.95 Å². The van der Waals surface area contributed by atoms with E-state index in [1.807, 2.05) is 36.4 Å². The maximum Gasteiger partial charge on any atom is 0.229 e. The van der Waals surface area contributed by atoms with E-state index in [4.69, 9.17) is 9.72 Å². The van der Waals surface area contributed by atoms with Crippen LogP contribution in [0.1, 0.15) is 19.4 Å². The minimum Gasteiger partial charge on any atom is -0.497 e. The summed E-state index contributed by atoms with van der Waals surface area (Å²) in [7, 11) is 1.66. The highest BCUT2D eigenvalue weighted by Crippen LogP contribution is 2.21. The van der Waals surface area contributed by atoms with Gasteiger partial charge in [-0.2, -0.15) is 4.98 Å². The molecule has 0 bridgehead atoms. The lowest BCUT2D eigenvalue weighted by Crippen LogP contribution is -2.31. The summed E-state index contributed by atoms with van der Waals surface area (Å²) in [5, 5.41) is 3.25. The SMILES string of the molecule is COc1ccc(Nc2nccc(N(Cc3ccccc3)C(C)C)n2)cc1. The zero-order chi connectivity index (χ0) is 18.4. The molecule has 0 amide bonds. The third-order valence-electron chi connectivity index (χ3n) is 4.10. The average molecular weight is 348 g/mol. The Bertz CT molecular complexity index is 819. The number of ether oxygens (including phenoxy) is 1. The lowest BCUT2D eigenvalue weighted by Gasteiger charge is -2.28. The molecule has 0 fully saturated rings. The van der Waals surface area contributed by atoms with Gasteiger partial charge < -0.3 is 15.0 Å². The molecule has 3 rings (SSSR count). The van der Waals surface area contributed by atoms with E-state index in [1.165, 1.54) is 5.56 Å². The quantitative estimate of drug-likeness (QED) is 0.674. The molecule has 1 N–H and O–H groups in total. The van der Waals surface area contributed by atoms with Gasteiger partial charge in [-0.05, 0) is 49.7 Å². The van der Waals surface area contributed by atoms with Gasteiger partial charge >= 0.3 is 0 Å². The van der Waals surface area contributed by atoms with E-state index in [-0.39, 0.29) is 0 Å². The van der Waals surface area contributed by atoms with Crippen LogP contribution < -0.4 is 15.0 Å². The molecule has 0 aliphatic carbocycles. The topological polar surface area (TPSA) is 50.3 Å². The summed E-state index contributed by atoms with van der Waals surface area (Å²) in [6.45, 7) is 5.14. The molecule has 0 radical (unpaired) electrons. The van der Waals surface area contributed by atoms with Crippen molar-refractivity contribution in [3.05, 3.63) is 72.4 Å². The van der Waals surface area contributed by atoms with Crippen LogP contribution in [0.5, 0.6) is 5.75 Å². The van der Waals surface area contributed by atoms with Gasteiger partial charge in [-0.3, -0.25) is 0 Å². The smallest absolute Gasteiger partial charge is 0.229 e. The third-order valence-corrected chi connectivity index (χ3v) is 4.10. The highest BCUT2D eigenvalue weighted by atomic mass is 16.5. The summed E-state index contributed by atoms with van der Waals surface area (Å²) in [4.78, 5) is 11.3. The Hall–Kier alpha value is -3.08. The monoisotopic (exact) mass is 348 g/mol. The number of aromatic nitrogens is 2. The molecule has 134 valence electrons. The molecule has 26 heavy (non-hydrogen) atoms. The summed E-state index contributed by atoms with van der Waals surface area (Å²) < 4.78 is 5.19. The maximum absolute atomic E-state index is 5.19. The van der Waals surface area contributed by atoms with Gasteiger partial charge in [0.05, 0.1) is 7.11 Å². The molecule has 2 aromatic carbocycles. The maximum atomic E-state index is 5.19. The molecular weight excluding hydrogens is 324 g/mol. The van der Waals surface area contributed by atoms with Crippen molar-refractivity contribution in [1.29, 1.82) is 0 Å². The van der Waals surface area contributed by atoms with Crippen molar-refractivity contribution in [3.8, 4) is 5.75 Å². The number of hydrogen-bond acceptors (Lipinski definition) is 5. The van der Waals surface area contributed by atoms with Crippen molar-refractivity contribution in [2.24, 2.45) is 0 Å². The first kappa shape index (κ1) is 17.7. The van der Waals surface area contributed by atoms with E-state index < -0.39 is 0 Å². The van der Waals surface area contributed by atoms with Crippen LogP contribution >= 0.6 is 0 Å². The van der Waals surface area contributed by atoms with Crippen LogP contribution in [0.4, 0.5) is 17.5 Å². The van der Waals surface area contributed by atoms with E-state index in [0.29, 0.717) is 12.0 Å². The minimum atomic E-state index is 0.318. The van der Waals surface area contributed by atoms with Crippen LogP contribution in [0.25, 0.3) is 0 Å². The highest BCUT2D eigenvalue weighted by Gasteiger charge is 2.13. The molecular formula is C21H24N4O. The highest BCUT2D eigenvalue weighted by molar-refractivity contribution is 5.56. The fourth-order valence-electron chi connectivity index (χ4n) is 2.68. The van der Waals surface area contributed by atoms with Crippen molar-refractivity contribution >= 4 is 17.5 Å². The van der Waals surface area contributed by atoms with Crippen molar-refractivity contribution < 1.29 is 4.74 Å². The fraction of sp³-hybridized carbons (Fsp3) is 0.238. The van der Waals surface area contributed by atoms with Gasteiger partial charge in [0.25, 0.3) is 0 Å². The van der Waals surface area contributed by atoms with Crippen molar-refractivity contribution in [2.75, 3.05) is 17.3 Å². The molecule has 5 nitrogen and oxygen atoms in total. The molecule has 0 saturated carbocycles. The number of hydrogen-bond donors (Lipinski definition) is 1. The molecule has 5 heteroatoms. The number of rotatable bonds is 7. The molecule has 0 atom stereocenters. The van der Waals surface area contributed by atoms with Gasteiger partial charge in [0, 0.05) is 24.5 Å². The second kappa shape index (κ2) is 8.34. The van der Waals surface area contributed by atoms with Crippen LogP contribution in [-0.4, -0.2) is 23.1 Å². The predicted molar refractivity (Wildman–Crippen MR) is 106 cm³/mol. The zero-order valence-corrected chi connectivity index (χ0v) is 15.4. The Morgan fingerprint density at radius 2 is 1.73 bits per heavy atom. The van der Waals surface area contributed by atoms with Crippen molar-refractivity contribution in [2.45, 2.75) is 26.4 Å². The summed E-state index contributed by atoms with van der Waals surface area (Å²) in [6, 6.07) is 20.4. The van der Waals surface area contributed by atoms with Crippen LogP contribution in [-0.2, 0) is 6.54 Å². The van der Waals surface area contributed by atoms with Gasteiger partial charge in [-0.1, -0.05) is 30.3 Å². The fourth-order valence-corrected chi connectivity index (χ4v) is 2.68. The molecule has 0 aliphatic heterocycles. The van der Waals surface area contributed by atoms with Gasteiger partial charge in [0.1, 0.15) is 11.6 Å². The van der Waals surface area contributed by atoms with Crippen molar-refractivity contribution in [1.82, 2.24) is 9.97 Å². The summed E-state index contributed by atoms with van der Waals surface area (Å²) in [5.74, 6) is 2.29. The molecule has 0 spiro atoms. The van der Waals surface area contributed by atoms with E-state index >= 15 is 0 Å². The number of nitrogens with zero attached hydrogens (tertiary/aromatic N) is 3. The van der Waals surface area contributed by atoms with Gasteiger partial charge in [-0.25, -0.2) is 4.98 Å². The zero-order valence-electron chi connectivity index (χ0n) is 15.4. The van der Waals surface area contributed by atoms with E-state index in [9.17, 15) is 0 Å². The molecule has 0 unspecified atom stereocenters. The number of nitrogens with one attached hydrogen (secondary N) is 1. The Morgan fingerprint density at radius 3 is 2.38 bits per heavy atom. The molecule has 1 heterocycles.